The highest BCUT2D eigenvalue weighted by Gasteiger charge is 2.07. The fraction of sp³-hybridized carbons (Fsp3) is 0.182. The van der Waals surface area contributed by atoms with Crippen molar-refractivity contribution in [2.24, 2.45) is 0 Å². The van der Waals surface area contributed by atoms with Crippen LogP contribution in [-0.4, -0.2) is 29.0 Å². The van der Waals surface area contributed by atoms with E-state index in [1.54, 1.807) is 4.90 Å². The smallest absolute Gasteiger partial charge is 0.233 e. The lowest BCUT2D eigenvalue weighted by Crippen LogP contribution is -2.15. The molecule has 18 heavy (non-hydrogen) atoms. The van der Waals surface area contributed by atoms with E-state index in [0.717, 1.165) is 10.2 Å². The summed E-state index contributed by atoms with van der Waals surface area (Å²) >= 11 is 3.44. The van der Waals surface area contributed by atoms with Crippen LogP contribution in [-0.2, 0) is 0 Å². The van der Waals surface area contributed by atoms with Crippen LogP contribution >= 0.6 is 15.9 Å². The second-order valence-electron chi connectivity index (χ2n) is 3.82. The first-order valence-corrected chi connectivity index (χ1v) is 6.06. The molecular formula is C11H13BrN6. The number of nitrogens with one attached hydrogen (secondary N) is 1. The molecule has 0 atom stereocenters. The first-order valence-electron chi connectivity index (χ1n) is 5.26. The lowest BCUT2D eigenvalue weighted by molar-refractivity contribution is 0.969. The van der Waals surface area contributed by atoms with Gasteiger partial charge in [0.2, 0.25) is 17.8 Å². The highest BCUT2D eigenvalue weighted by Crippen LogP contribution is 2.24. The van der Waals surface area contributed by atoms with E-state index in [2.05, 4.69) is 36.2 Å². The van der Waals surface area contributed by atoms with Gasteiger partial charge in [0.25, 0.3) is 0 Å². The van der Waals surface area contributed by atoms with E-state index in [-0.39, 0.29) is 5.95 Å². The summed E-state index contributed by atoms with van der Waals surface area (Å²) in [7, 11) is 3.69. The summed E-state index contributed by atoms with van der Waals surface area (Å²) in [5, 5.41) is 3.09. The van der Waals surface area contributed by atoms with Gasteiger partial charge in [0.05, 0.1) is 5.69 Å². The molecule has 0 unspecified atom stereocenters. The molecule has 1 heterocycles. The molecule has 94 valence electrons. The summed E-state index contributed by atoms with van der Waals surface area (Å²) in [4.78, 5) is 14.1. The molecular weight excluding hydrogens is 296 g/mol. The van der Waals surface area contributed by atoms with E-state index < -0.39 is 0 Å². The van der Waals surface area contributed by atoms with E-state index in [1.807, 2.05) is 38.4 Å². The molecule has 1 aromatic heterocycles. The minimum absolute atomic E-state index is 0.184. The normalized spacial score (nSPS) is 10.2. The van der Waals surface area contributed by atoms with Gasteiger partial charge in [-0.25, -0.2) is 0 Å². The number of benzene rings is 1. The number of halogens is 1. The van der Waals surface area contributed by atoms with Crippen molar-refractivity contribution >= 4 is 39.5 Å². The average Bonchev–Trinajstić information content (AvgIpc) is 2.31. The maximum absolute atomic E-state index is 5.65. The van der Waals surface area contributed by atoms with Crippen molar-refractivity contribution in [3.8, 4) is 0 Å². The fourth-order valence-electron chi connectivity index (χ4n) is 1.32. The monoisotopic (exact) mass is 308 g/mol. The Morgan fingerprint density at radius 3 is 2.56 bits per heavy atom. The zero-order chi connectivity index (χ0) is 13.1. The first kappa shape index (κ1) is 12.6. The Hall–Kier alpha value is -1.89. The minimum Gasteiger partial charge on any atom is -0.368 e. The third-order valence-corrected chi connectivity index (χ3v) is 2.85. The maximum atomic E-state index is 5.65. The molecule has 1 aromatic carbocycles. The highest BCUT2D eigenvalue weighted by molar-refractivity contribution is 9.10. The number of rotatable bonds is 3. The van der Waals surface area contributed by atoms with E-state index in [1.165, 1.54) is 0 Å². The average molecular weight is 309 g/mol. The van der Waals surface area contributed by atoms with Crippen LogP contribution in [0.2, 0.25) is 0 Å². The van der Waals surface area contributed by atoms with Crippen molar-refractivity contribution in [2.75, 3.05) is 30.0 Å². The number of nitrogen functional groups attached to an aromatic ring is 1. The van der Waals surface area contributed by atoms with Gasteiger partial charge in [-0.05, 0) is 28.1 Å². The molecule has 0 aliphatic heterocycles. The number of hydrogen-bond donors (Lipinski definition) is 2. The highest BCUT2D eigenvalue weighted by atomic mass is 79.9. The Morgan fingerprint density at radius 2 is 1.89 bits per heavy atom. The van der Waals surface area contributed by atoms with Crippen molar-refractivity contribution < 1.29 is 0 Å². The lowest BCUT2D eigenvalue weighted by atomic mass is 10.3. The Kier molecular flexibility index (Phi) is 3.61. The summed E-state index contributed by atoms with van der Waals surface area (Å²) < 4.78 is 0.926. The molecule has 0 aliphatic carbocycles. The summed E-state index contributed by atoms with van der Waals surface area (Å²) in [6, 6.07) is 7.70. The van der Waals surface area contributed by atoms with Crippen LogP contribution in [0.3, 0.4) is 0 Å². The van der Waals surface area contributed by atoms with Crippen LogP contribution in [0, 0.1) is 0 Å². The number of anilines is 4. The van der Waals surface area contributed by atoms with Crippen LogP contribution < -0.4 is 16.0 Å². The topological polar surface area (TPSA) is 80.0 Å². The molecule has 2 aromatic rings. The molecule has 0 saturated heterocycles. The second-order valence-corrected chi connectivity index (χ2v) is 4.67. The standard InChI is InChI=1S/C11H13BrN6/c1-18(2)11-16-9(13)15-10(17-11)14-8-6-4-3-5-7(8)12/h3-6H,1-2H3,(H3,13,14,15,16,17). The van der Waals surface area contributed by atoms with Crippen molar-refractivity contribution in [3.63, 3.8) is 0 Å². The quantitative estimate of drug-likeness (QED) is 0.903. The predicted octanol–water partition coefficient (Wildman–Crippen LogP) is 2.03. The molecule has 0 aliphatic rings. The Morgan fingerprint density at radius 1 is 1.17 bits per heavy atom. The fourth-order valence-corrected chi connectivity index (χ4v) is 1.70. The van der Waals surface area contributed by atoms with Gasteiger partial charge >= 0.3 is 0 Å². The molecule has 0 saturated carbocycles. The van der Waals surface area contributed by atoms with Crippen LogP contribution in [0.15, 0.2) is 28.7 Å². The van der Waals surface area contributed by atoms with Gasteiger partial charge in [0.1, 0.15) is 0 Å². The van der Waals surface area contributed by atoms with Crippen molar-refractivity contribution in [1.29, 1.82) is 0 Å². The third kappa shape index (κ3) is 2.86. The van der Waals surface area contributed by atoms with Crippen LogP contribution in [0.1, 0.15) is 0 Å². The van der Waals surface area contributed by atoms with Gasteiger partial charge in [0.15, 0.2) is 0 Å². The number of aromatic nitrogens is 3. The summed E-state index contributed by atoms with van der Waals surface area (Å²) in [6.45, 7) is 0. The van der Waals surface area contributed by atoms with Crippen molar-refractivity contribution in [2.45, 2.75) is 0 Å². The number of hydrogen-bond acceptors (Lipinski definition) is 6. The van der Waals surface area contributed by atoms with Crippen LogP contribution in [0.25, 0.3) is 0 Å². The van der Waals surface area contributed by atoms with E-state index in [9.17, 15) is 0 Å². The third-order valence-electron chi connectivity index (χ3n) is 2.16. The van der Waals surface area contributed by atoms with Gasteiger partial charge in [0, 0.05) is 18.6 Å². The van der Waals surface area contributed by atoms with Crippen molar-refractivity contribution in [1.82, 2.24) is 15.0 Å². The lowest BCUT2D eigenvalue weighted by Gasteiger charge is -2.12. The van der Waals surface area contributed by atoms with E-state index >= 15 is 0 Å². The number of nitrogens with two attached hydrogens (primary N) is 1. The zero-order valence-corrected chi connectivity index (χ0v) is 11.6. The summed E-state index contributed by atoms with van der Waals surface area (Å²) in [6.07, 6.45) is 0. The maximum Gasteiger partial charge on any atom is 0.233 e. The molecule has 2 rings (SSSR count). The SMILES string of the molecule is CN(C)c1nc(N)nc(Nc2ccccc2Br)n1. The minimum atomic E-state index is 0.184. The number of para-hydroxylation sites is 1. The van der Waals surface area contributed by atoms with E-state index in [0.29, 0.717) is 11.9 Å². The molecule has 0 bridgehead atoms. The molecule has 0 radical (unpaired) electrons. The molecule has 6 nitrogen and oxygen atoms in total. The van der Waals surface area contributed by atoms with E-state index in [4.69, 9.17) is 5.73 Å². The van der Waals surface area contributed by atoms with Gasteiger partial charge in [-0.1, -0.05) is 12.1 Å². The van der Waals surface area contributed by atoms with Gasteiger partial charge in [-0.15, -0.1) is 0 Å². The van der Waals surface area contributed by atoms with Gasteiger partial charge in [-0.2, -0.15) is 15.0 Å². The molecule has 7 heteroatoms. The first-order chi connectivity index (χ1) is 8.56. The molecule has 0 amide bonds. The predicted molar refractivity (Wildman–Crippen MR) is 76.0 cm³/mol. The Balaban J connectivity index is 2.32. The second kappa shape index (κ2) is 5.18. The van der Waals surface area contributed by atoms with Crippen molar-refractivity contribution in [3.05, 3.63) is 28.7 Å². The zero-order valence-electron chi connectivity index (χ0n) is 10.1. The van der Waals surface area contributed by atoms with Crippen LogP contribution in [0.4, 0.5) is 23.5 Å². The molecule has 0 spiro atoms. The molecule has 0 fully saturated rings. The van der Waals surface area contributed by atoms with Gasteiger partial charge < -0.3 is 16.0 Å². The summed E-state index contributed by atoms with van der Waals surface area (Å²) in [5.74, 6) is 1.11. The number of nitrogens with zero attached hydrogens (tertiary/aromatic N) is 4. The largest absolute Gasteiger partial charge is 0.368 e. The Labute approximate surface area is 113 Å². The van der Waals surface area contributed by atoms with Crippen LogP contribution in [0.5, 0.6) is 0 Å². The molecule has 3 N–H and O–H groups in total. The van der Waals surface area contributed by atoms with Gasteiger partial charge in [-0.3, -0.25) is 0 Å². The Bertz CT molecular complexity index is 557. The summed E-state index contributed by atoms with van der Waals surface area (Å²) in [5.41, 5.74) is 6.52.